The number of amides is 1. The monoisotopic (exact) mass is 448 g/mol. The van der Waals surface area contributed by atoms with Crippen LogP contribution < -0.4 is 4.90 Å². The van der Waals surface area contributed by atoms with Gasteiger partial charge in [0.05, 0.1) is 11.8 Å². The predicted molar refractivity (Wildman–Crippen MR) is 122 cm³/mol. The van der Waals surface area contributed by atoms with Gasteiger partial charge in [0.15, 0.2) is 5.76 Å². The summed E-state index contributed by atoms with van der Waals surface area (Å²) in [6.07, 6.45) is 3.35. The third-order valence-electron chi connectivity index (χ3n) is 5.54. The summed E-state index contributed by atoms with van der Waals surface area (Å²) in [5.41, 5.74) is 2.21. The average Bonchev–Trinajstić information content (AvgIpc) is 3.50. The van der Waals surface area contributed by atoms with Gasteiger partial charge in [-0.25, -0.2) is 9.97 Å². The van der Waals surface area contributed by atoms with Crippen molar-refractivity contribution in [3.05, 3.63) is 77.3 Å². The highest BCUT2D eigenvalue weighted by Gasteiger charge is 2.26. The summed E-state index contributed by atoms with van der Waals surface area (Å²) in [6.45, 7) is 4.27. The topological polar surface area (TPSA) is 75.6 Å². The van der Waals surface area contributed by atoms with Crippen LogP contribution >= 0.6 is 11.6 Å². The molecule has 1 aromatic carbocycles. The van der Waals surface area contributed by atoms with E-state index in [0.717, 1.165) is 11.3 Å². The first kappa shape index (κ1) is 20.3. The third kappa shape index (κ3) is 3.99. The van der Waals surface area contributed by atoms with Crippen molar-refractivity contribution in [2.45, 2.75) is 6.92 Å². The van der Waals surface area contributed by atoms with Crippen LogP contribution in [0.4, 0.5) is 5.95 Å². The fraction of sp³-hybridized carbons (Fsp3) is 0.208. The lowest BCUT2D eigenvalue weighted by Crippen LogP contribution is -2.49. The van der Waals surface area contributed by atoms with Gasteiger partial charge in [-0.1, -0.05) is 11.6 Å². The van der Waals surface area contributed by atoms with Crippen LogP contribution in [-0.2, 0) is 0 Å². The van der Waals surface area contributed by atoms with Crippen LogP contribution in [0.1, 0.15) is 16.1 Å². The molecule has 32 heavy (non-hydrogen) atoms. The van der Waals surface area contributed by atoms with Gasteiger partial charge in [-0.3, -0.25) is 4.79 Å². The number of aromatic nitrogens is 2. The molecule has 1 aliphatic heterocycles. The molecule has 0 unspecified atom stereocenters. The number of aryl methyl sites for hydroxylation is 1. The van der Waals surface area contributed by atoms with Gasteiger partial charge in [0, 0.05) is 43.0 Å². The SMILES string of the molecule is Cc1oc(-c2ccc(Cl)cc2)cc1C(=O)N1CCN(c2nccc(-c3ccco3)n2)CC1. The molecule has 1 saturated heterocycles. The number of anilines is 1. The van der Waals surface area contributed by atoms with Crippen LogP contribution in [0.5, 0.6) is 0 Å². The molecule has 1 fully saturated rings. The fourth-order valence-electron chi connectivity index (χ4n) is 3.79. The lowest BCUT2D eigenvalue weighted by atomic mass is 10.1. The number of rotatable bonds is 4. The van der Waals surface area contributed by atoms with Gasteiger partial charge in [-0.2, -0.15) is 0 Å². The van der Waals surface area contributed by atoms with Crippen LogP contribution in [0.15, 0.2) is 69.8 Å². The Morgan fingerprint density at radius 2 is 1.81 bits per heavy atom. The third-order valence-corrected chi connectivity index (χ3v) is 5.80. The highest BCUT2D eigenvalue weighted by Crippen LogP contribution is 2.28. The second-order valence-electron chi connectivity index (χ2n) is 7.59. The van der Waals surface area contributed by atoms with E-state index in [2.05, 4.69) is 14.9 Å². The number of hydrogen-bond acceptors (Lipinski definition) is 6. The molecule has 0 aliphatic carbocycles. The molecule has 5 rings (SSSR count). The Morgan fingerprint density at radius 1 is 1.03 bits per heavy atom. The molecule has 0 radical (unpaired) electrons. The molecule has 0 spiro atoms. The highest BCUT2D eigenvalue weighted by atomic mass is 35.5. The van der Waals surface area contributed by atoms with Gasteiger partial charge >= 0.3 is 0 Å². The van der Waals surface area contributed by atoms with E-state index in [1.54, 1.807) is 24.6 Å². The van der Waals surface area contributed by atoms with E-state index in [0.29, 0.717) is 60.0 Å². The molecule has 0 N–H and O–H groups in total. The minimum atomic E-state index is -0.0311. The van der Waals surface area contributed by atoms with E-state index in [1.165, 1.54) is 0 Å². The molecule has 8 heteroatoms. The van der Waals surface area contributed by atoms with E-state index < -0.39 is 0 Å². The smallest absolute Gasteiger partial charge is 0.257 e. The van der Waals surface area contributed by atoms with Crippen molar-refractivity contribution in [1.82, 2.24) is 14.9 Å². The van der Waals surface area contributed by atoms with Crippen LogP contribution in [0.3, 0.4) is 0 Å². The van der Waals surface area contributed by atoms with Crippen LogP contribution in [0.25, 0.3) is 22.8 Å². The van der Waals surface area contributed by atoms with E-state index in [1.807, 2.05) is 48.2 Å². The van der Waals surface area contributed by atoms with Gasteiger partial charge < -0.3 is 18.6 Å². The predicted octanol–water partition coefficient (Wildman–Crippen LogP) is 4.92. The number of benzene rings is 1. The molecular weight excluding hydrogens is 428 g/mol. The minimum absolute atomic E-state index is 0.0311. The van der Waals surface area contributed by atoms with Crippen molar-refractivity contribution < 1.29 is 13.6 Å². The Hall–Kier alpha value is -3.58. The first-order valence-electron chi connectivity index (χ1n) is 10.4. The van der Waals surface area contributed by atoms with E-state index in [9.17, 15) is 4.79 Å². The molecule has 0 saturated carbocycles. The Bertz CT molecular complexity index is 1230. The van der Waals surface area contributed by atoms with Gasteiger partial charge in [-0.15, -0.1) is 0 Å². The van der Waals surface area contributed by atoms with Gasteiger partial charge in [0.25, 0.3) is 5.91 Å². The molecule has 162 valence electrons. The Morgan fingerprint density at radius 3 is 2.53 bits per heavy atom. The summed E-state index contributed by atoms with van der Waals surface area (Å²) in [5.74, 6) is 2.57. The number of halogens is 1. The van der Waals surface area contributed by atoms with Crippen molar-refractivity contribution in [3.8, 4) is 22.8 Å². The molecule has 3 aromatic heterocycles. The molecule has 1 aliphatic rings. The van der Waals surface area contributed by atoms with E-state index in [-0.39, 0.29) is 5.91 Å². The quantitative estimate of drug-likeness (QED) is 0.441. The first-order valence-corrected chi connectivity index (χ1v) is 10.7. The zero-order valence-electron chi connectivity index (χ0n) is 17.5. The summed E-state index contributed by atoms with van der Waals surface area (Å²) in [5, 5.41) is 0.657. The fourth-order valence-corrected chi connectivity index (χ4v) is 3.92. The van der Waals surface area contributed by atoms with E-state index in [4.69, 9.17) is 20.4 Å². The Balaban J connectivity index is 1.27. The molecule has 1 amide bonds. The van der Waals surface area contributed by atoms with Crippen molar-refractivity contribution in [2.24, 2.45) is 0 Å². The average molecular weight is 449 g/mol. The van der Waals surface area contributed by atoms with Crippen molar-refractivity contribution in [3.63, 3.8) is 0 Å². The number of hydrogen-bond donors (Lipinski definition) is 0. The number of carbonyl (C=O) groups excluding carboxylic acids is 1. The van der Waals surface area contributed by atoms with Crippen molar-refractivity contribution in [1.29, 1.82) is 0 Å². The second-order valence-corrected chi connectivity index (χ2v) is 8.02. The lowest BCUT2D eigenvalue weighted by Gasteiger charge is -2.34. The number of nitrogens with zero attached hydrogens (tertiary/aromatic N) is 4. The van der Waals surface area contributed by atoms with Crippen LogP contribution in [0.2, 0.25) is 5.02 Å². The van der Waals surface area contributed by atoms with Crippen LogP contribution in [-0.4, -0.2) is 47.0 Å². The standard InChI is InChI=1S/C24H21ClN4O3/c1-16-19(15-22(32-16)17-4-6-18(25)7-5-17)23(30)28-10-12-29(13-11-28)24-26-9-8-20(27-24)21-3-2-14-31-21/h2-9,14-15H,10-13H2,1H3. The minimum Gasteiger partial charge on any atom is -0.463 e. The normalized spacial score (nSPS) is 14.1. The molecule has 0 atom stereocenters. The molecule has 7 nitrogen and oxygen atoms in total. The summed E-state index contributed by atoms with van der Waals surface area (Å²) in [7, 11) is 0. The zero-order chi connectivity index (χ0) is 22.1. The number of piperazine rings is 1. The highest BCUT2D eigenvalue weighted by molar-refractivity contribution is 6.30. The summed E-state index contributed by atoms with van der Waals surface area (Å²) in [6, 6.07) is 14.7. The van der Waals surface area contributed by atoms with E-state index >= 15 is 0 Å². The summed E-state index contributed by atoms with van der Waals surface area (Å²) in [4.78, 5) is 26.1. The van der Waals surface area contributed by atoms with Crippen LogP contribution in [0, 0.1) is 6.92 Å². The summed E-state index contributed by atoms with van der Waals surface area (Å²) >= 11 is 5.97. The Kier molecular flexibility index (Phi) is 5.41. The van der Waals surface area contributed by atoms with Crippen molar-refractivity contribution in [2.75, 3.05) is 31.1 Å². The number of furan rings is 2. The van der Waals surface area contributed by atoms with Gasteiger partial charge in [0.1, 0.15) is 17.2 Å². The molecule has 0 bridgehead atoms. The maximum absolute atomic E-state index is 13.2. The maximum Gasteiger partial charge on any atom is 0.257 e. The molecular formula is C24H21ClN4O3. The zero-order valence-corrected chi connectivity index (χ0v) is 18.2. The van der Waals surface area contributed by atoms with Crippen molar-refractivity contribution >= 4 is 23.5 Å². The van der Waals surface area contributed by atoms with Gasteiger partial charge in [-0.05, 0) is 55.5 Å². The lowest BCUT2D eigenvalue weighted by molar-refractivity contribution is 0.0744. The Labute approximate surface area is 190 Å². The largest absolute Gasteiger partial charge is 0.463 e. The molecule has 4 heterocycles. The number of carbonyl (C=O) groups is 1. The summed E-state index contributed by atoms with van der Waals surface area (Å²) < 4.78 is 11.3. The van der Waals surface area contributed by atoms with Gasteiger partial charge in [0.2, 0.25) is 5.95 Å². The molecule has 4 aromatic rings. The first-order chi connectivity index (χ1) is 15.6. The second kappa shape index (κ2) is 8.51. The maximum atomic E-state index is 13.2.